The minimum Gasteiger partial charge on any atom is -0.396 e. The number of benzene rings is 1. The van der Waals surface area contributed by atoms with Gasteiger partial charge in [0.05, 0.1) is 16.6 Å². The van der Waals surface area contributed by atoms with Gasteiger partial charge in [0.15, 0.2) is 0 Å². The summed E-state index contributed by atoms with van der Waals surface area (Å²) in [6.07, 6.45) is 13.5. The topological polar surface area (TPSA) is 81.2 Å². The molecule has 4 aliphatic heterocycles. The van der Waals surface area contributed by atoms with Gasteiger partial charge in [-0.05, 0) is 38.3 Å². The molecule has 0 saturated carbocycles. The first kappa shape index (κ1) is 28.0. The van der Waals surface area contributed by atoms with Crippen molar-refractivity contribution in [2.75, 3.05) is 31.1 Å². The number of thioether (sulfide) groups is 1. The van der Waals surface area contributed by atoms with Crippen LogP contribution in [0.1, 0.15) is 52.4 Å². The number of nitrogens with zero attached hydrogens (tertiary/aromatic N) is 3. The fourth-order valence-electron chi connectivity index (χ4n) is 6.95. The second-order valence-electron chi connectivity index (χ2n) is 11.3. The molecular formula is C31H41N3O4S. The molecule has 7 nitrogen and oxygen atoms in total. The number of para-hydroxylation sites is 1. The van der Waals surface area contributed by atoms with Gasteiger partial charge < -0.3 is 19.8 Å². The van der Waals surface area contributed by atoms with Crippen molar-refractivity contribution in [2.45, 2.75) is 74.5 Å². The van der Waals surface area contributed by atoms with Gasteiger partial charge in [0, 0.05) is 43.2 Å². The Morgan fingerprint density at radius 2 is 1.77 bits per heavy atom. The van der Waals surface area contributed by atoms with Gasteiger partial charge in [0.2, 0.25) is 17.7 Å². The van der Waals surface area contributed by atoms with Gasteiger partial charge in [-0.25, -0.2) is 0 Å². The standard InChI is InChI=1S/C31H41N3O4S/c1-3-13-22(2)32-20-12-17-31-26(29(37)34(27(31)30(32)38)18-9-4-5-10-21-35)25-24(39-31)16-11-19-33(28(25)36)23-14-7-6-8-15-23/h6-8,11-12,14-17,22,24-27,35H,3-5,9-10,13,18-21H2,1-2H3/t22?,24-,25+,26-,27?,31-/m0/s1. The number of unbranched alkanes of at least 4 members (excludes halogenated alkanes) is 3. The first-order valence-electron chi connectivity index (χ1n) is 14.5. The van der Waals surface area contributed by atoms with Gasteiger partial charge in [-0.1, -0.05) is 68.7 Å². The summed E-state index contributed by atoms with van der Waals surface area (Å²) in [5.41, 5.74) is 0.827. The molecule has 6 atom stereocenters. The Balaban J connectivity index is 1.52. The van der Waals surface area contributed by atoms with Crippen molar-refractivity contribution in [1.29, 1.82) is 0 Å². The van der Waals surface area contributed by atoms with Crippen molar-refractivity contribution in [2.24, 2.45) is 11.8 Å². The Kier molecular flexibility index (Phi) is 8.52. The molecule has 210 valence electrons. The summed E-state index contributed by atoms with van der Waals surface area (Å²) in [4.78, 5) is 48.5. The minimum absolute atomic E-state index is 0.00691. The van der Waals surface area contributed by atoms with Crippen LogP contribution in [0.2, 0.25) is 0 Å². The lowest BCUT2D eigenvalue weighted by atomic mass is 9.78. The number of aliphatic hydroxyl groups excluding tert-OH is 1. The number of aliphatic hydroxyl groups is 1. The molecule has 39 heavy (non-hydrogen) atoms. The zero-order valence-electron chi connectivity index (χ0n) is 23.1. The number of carbonyl (C=O) groups is 3. The van der Waals surface area contributed by atoms with Gasteiger partial charge in [-0.3, -0.25) is 14.4 Å². The fourth-order valence-corrected chi connectivity index (χ4v) is 8.96. The summed E-state index contributed by atoms with van der Waals surface area (Å²) < 4.78 is -0.769. The molecule has 1 spiro atoms. The molecule has 0 aromatic heterocycles. The molecule has 4 heterocycles. The zero-order valence-corrected chi connectivity index (χ0v) is 23.9. The van der Waals surface area contributed by atoms with Crippen molar-refractivity contribution < 1.29 is 19.5 Å². The normalized spacial score (nSPS) is 30.7. The molecule has 1 N–H and O–H groups in total. The highest BCUT2D eigenvalue weighted by Crippen LogP contribution is 2.61. The van der Waals surface area contributed by atoms with Crippen molar-refractivity contribution in [1.82, 2.24) is 9.80 Å². The smallest absolute Gasteiger partial charge is 0.247 e. The predicted molar refractivity (Wildman–Crippen MR) is 155 cm³/mol. The molecule has 1 aromatic rings. The van der Waals surface area contributed by atoms with Crippen LogP contribution >= 0.6 is 11.8 Å². The SMILES string of the molecule is CCCC(C)N1CC=C[C@]23S[C@H]4C=CCN(c5ccccc5)C(=O)[C@H]4[C@H]2C(=O)N(CCCCCCO)C3C1=O. The maximum Gasteiger partial charge on any atom is 0.247 e. The average Bonchev–Trinajstić information content (AvgIpc) is 3.24. The highest BCUT2D eigenvalue weighted by atomic mass is 32.2. The molecule has 1 aromatic carbocycles. The molecule has 4 aliphatic rings. The van der Waals surface area contributed by atoms with Crippen molar-refractivity contribution in [3.8, 4) is 0 Å². The Hall–Kier alpha value is -2.58. The van der Waals surface area contributed by atoms with E-state index in [1.165, 1.54) is 0 Å². The summed E-state index contributed by atoms with van der Waals surface area (Å²) >= 11 is 1.65. The summed E-state index contributed by atoms with van der Waals surface area (Å²) in [6.45, 7) is 5.88. The first-order valence-corrected chi connectivity index (χ1v) is 15.4. The molecule has 3 amide bonds. The van der Waals surface area contributed by atoms with Gasteiger partial charge >= 0.3 is 0 Å². The Morgan fingerprint density at radius 3 is 2.51 bits per heavy atom. The summed E-state index contributed by atoms with van der Waals surface area (Å²) in [5.74, 6) is -1.21. The number of anilines is 1. The van der Waals surface area contributed by atoms with Gasteiger partial charge in [-0.2, -0.15) is 0 Å². The molecule has 8 heteroatoms. The van der Waals surface area contributed by atoms with Crippen molar-refractivity contribution >= 4 is 35.2 Å². The number of amides is 3. The molecule has 2 fully saturated rings. The Morgan fingerprint density at radius 1 is 1.00 bits per heavy atom. The number of hydrogen-bond acceptors (Lipinski definition) is 5. The number of hydrogen-bond donors (Lipinski definition) is 1. The van der Waals surface area contributed by atoms with E-state index in [0.717, 1.165) is 44.2 Å². The van der Waals surface area contributed by atoms with E-state index in [-0.39, 0.29) is 35.6 Å². The lowest BCUT2D eigenvalue weighted by Crippen LogP contribution is -2.55. The molecular weight excluding hydrogens is 510 g/mol. The average molecular weight is 552 g/mol. The van der Waals surface area contributed by atoms with Gasteiger partial charge in [0.1, 0.15) is 6.04 Å². The van der Waals surface area contributed by atoms with E-state index in [9.17, 15) is 14.4 Å². The van der Waals surface area contributed by atoms with E-state index in [1.54, 1.807) is 16.7 Å². The number of rotatable bonds is 10. The third kappa shape index (κ3) is 4.95. The van der Waals surface area contributed by atoms with E-state index < -0.39 is 22.6 Å². The molecule has 2 unspecified atom stereocenters. The van der Waals surface area contributed by atoms with Crippen LogP contribution in [0.3, 0.4) is 0 Å². The predicted octanol–water partition coefficient (Wildman–Crippen LogP) is 4.03. The van der Waals surface area contributed by atoms with Crippen LogP contribution in [0.25, 0.3) is 0 Å². The maximum atomic E-state index is 14.4. The van der Waals surface area contributed by atoms with Gasteiger partial charge in [-0.15, -0.1) is 11.8 Å². The molecule has 0 radical (unpaired) electrons. The highest BCUT2D eigenvalue weighted by Gasteiger charge is 2.71. The number of likely N-dealkylation sites (tertiary alicyclic amines) is 1. The van der Waals surface area contributed by atoms with Crippen LogP contribution in [-0.4, -0.2) is 80.9 Å². The van der Waals surface area contributed by atoms with E-state index in [2.05, 4.69) is 32.1 Å². The lowest BCUT2D eigenvalue weighted by molar-refractivity contribution is -0.143. The summed E-state index contributed by atoms with van der Waals surface area (Å²) in [7, 11) is 0. The third-order valence-corrected chi connectivity index (χ3v) is 10.5. The van der Waals surface area contributed by atoms with Crippen LogP contribution in [0.5, 0.6) is 0 Å². The Bertz CT molecular complexity index is 1120. The van der Waals surface area contributed by atoms with Crippen molar-refractivity contribution in [3.63, 3.8) is 0 Å². The first-order chi connectivity index (χ1) is 18.9. The highest BCUT2D eigenvalue weighted by molar-refractivity contribution is 8.02. The van der Waals surface area contributed by atoms with E-state index in [4.69, 9.17) is 5.11 Å². The fraction of sp³-hybridized carbons (Fsp3) is 0.581. The lowest BCUT2D eigenvalue weighted by Gasteiger charge is -2.37. The second kappa shape index (κ2) is 11.9. The van der Waals surface area contributed by atoms with E-state index >= 15 is 0 Å². The van der Waals surface area contributed by atoms with Crippen LogP contribution in [0, 0.1) is 11.8 Å². The largest absolute Gasteiger partial charge is 0.396 e. The van der Waals surface area contributed by atoms with E-state index in [1.807, 2.05) is 46.2 Å². The third-order valence-electron chi connectivity index (χ3n) is 8.80. The minimum atomic E-state index is -0.769. The molecule has 0 bridgehead atoms. The van der Waals surface area contributed by atoms with Gasteiger partial charge in [0.25, 0.3) is 0 Å². The monoisotopic (exact) mass is 551 g/mol. The van der Waals surface area contributed by atoms with Crippen LogP contribution in [0.15, 0.2) is 54.6 Å². The van der Waals surface area contributed by atoms with Crippen LogP contribution < -0.4 is 4.90 Å². The Labute approximate surface area is 236 Å². The van der Waals surface area contributed by atoms with Crippen LogP contribution in [0.4, 0.5) is 5.69 Å². The van der Waals surface area contributed by atoms with Crippen molar-refractivity contribution in [3.05, 3.63) is 54.6 Å². The number of carbonyl (C=O) groups excluding carboxylic acids is 3. The molecule has 5 rings (SSSR count). The quantitative estimate of drug-likeness (QED) is 0.351. The number of fused-ring (bicyclic) bond motifs is 2. The zero-order chi connectivity index (χ0) is 27.6. The second-order valence-corrected chi connectivity index (χ2v) is 12.7. The maximum absolute atomic E-state index is 14.4. The summed E-state index contributed by atoms with van der Waals surface area (Å²) in [6, 6.07) is 9.11. The van der Waals surface area contributed by atoms with E-state index in [0.29, 0.717) is 19.6 Å². The van der Waals surface area contributed by atoms with Crippen LogP contribution in [-0.2, 0) is 14.4 Å². The molecule has 2 saturated heterocycles. The molecule has 0 aliphatic carbocycles. The summed E-state index contributed by atoms with van der Waals surface area (Å²) in [5, 5.41) is 9.01.